The van der Waals surface area contributed by atoms with Crippen LogP contribution in [0.5, 0.6) is 0 Å². The molecule has 0 bridgehead atoms. The number of nitrogens with zero attached hydrogens (tertiary/aromatic N) is 4. The van der Waals surface area contributed by atoms with Gasteiger partial charge in [-0.25, -0.2) is 0 Å². The fourth-order valence-corrected chi connectivity index (χ4v) is 5.82. The van der Waals surface area contributed by atoms with Crippen molar-refractivity contribution < 1.29 is 0 Å². The zero-order chi connectivity index (χ0) is 23.9. The summed E-state index contributed by atoms with van der Waals surface area (Å²) >= 11 is 0. The zero-order valence-electron chi connectivity index (χ0n) is 21.4. The molecule has 1 aromatic carbocycles. The molecule has 2 saturated heterocycles. The first-order chi connectivity index (χ1) is 17.3. The van der Waals surface area contributed by atoms with Crippen LogP contribution < -0.4 is 20.9 Å². The number of aromatic nitrogens is 1. The molecule has 7 nitrogen and oxygen atoms in total. The molecule has 7 heteroatoms. The molecule has 0 amide bonds. The molecule has 4 heterocycles. The maximum Gasteiger partial charge on any atom is 0.0573 e. The van der Waals surface area contributed by atoms with E-state index in [2.05, 4.69) is 61.8 Å². The van der Waals surface area contributed by atoms with E-state index in [4.69, 9.17) is 4.98 Å². The molecular weight excluding hydrogens is 434 g/mol. The fraction of sp³-hybridized carbons (Fsp3) is 0.607. The van der Waals surface area contributed by atoms with Crippen LogP contribution in [0.25, 0.3) is 0 Å². The van der Waals surface area contributed by atoms with Crippen molar-refractivity contribution in [3.05, 3.63) is 58.9 Å². The Morgan fingerprint density at radius 1 is 1.00 bits per heavy atom. The van der Waals surface area contributed by atoms with Crippen LogP contribution >= 0.6 is 0 Å². The average Bonchev–Trinajstić information content (AvgIpc) is 2.91. The lowest BCUT2D eigenvalue weighted by atomic mass is 9.93. The predicted octanol–water partition coefficient (Wildman–Crippen LogP) is 1.61. The van der Waals surface area contributed by atoms with Crippen molar-refractivity contribution in [3.8, 4) is 0 Å². The molecule has 0 spiro atoms. The normalized spacial score (nSPS) is 21.3. The molecule has 3 N–H and O–H groups in total. The summed E-state index contributed by atoms with van der Waals surface area (Å²) < 4.78 is 0. The summed E-state index contributed by atoms with van der Waals surface area (Å²) in [4.78, 5) is 12.6. The van der Waals surface area contributed by atoms with E-state index in [0.717, 1.165) is 71.9 Å². The fourth-order valence-electron chi connectivity index (χ4n) is 5.82. The molecule has 1 aromatic heterocycles. The average molecular weight is 478 g/mol. The van der Waals surface area contributed by atoms with Crippen LogP contribution in [0.2, 0.25) is 0 Å². The van der Waals surface area contributed by atoms with Crippen molar-refractivity contribution in [2.75, 3.05) is 76.9 Å². The number of rotatable bonds is 9. The summed E-state index contributed by atoms with van der Waals surface area (Å²) in [6.07, 6.45) is 4.25. The number of benzene rings is 1. The second kappa shape index (κ2) is 12.3. The van der Waals surface area contributed by atoms with Gasteiger partial charge in [-0.15, -0.1) is 0 Å². The molecule has 0 unspecified atom stereocenters. The minimum atomic E-state index is 0.467. The third kappa shape index (κ3) is 6.60. The monoisotopic (exact) mass is 477 g/mol. The van der Waals surface area contributed by atoms with Gasteiger partial charge in [0.2, 0.25) is 0 Å². The van der Waals surface area contributed by atoms with Gasteiger partial charge in [-0.3, -0.25) is 9.88 Å². The lowest BCUT2D eigenvalue weighted by Crippen LogP contribution is -2.47. The van der Waals surface area contributed by atoms with Gasteiger partial charge in [0.25, 0.3) is 0 Å². The first kappa shape index (κ1) is 24.7. The van der Waals surface area contributed by atoms with Gasteiger partial charge in [-0.05, 0) is 61.7 Å². The number of anilines is 1. The molecule has 0 aliphatic carbocycles. The second-order valence-corrected chi connectivity index (χ2v) is 10.4. The van der Waals surface area contributed by atoms with Crippen LogP contribution in [-0.4, -0.2) is 92.8 Å². The van der Waals surface area contributed by atoms with E-state index in [1.54, 1.807) is 5.56 Å². The number of hydrogen-bond donors (Lipinski definition) is 3. The van der Waals surface area contributed by atoms with E-state index in [1.807, 2.05) is 12.3 Å². The van der Waals surface area contributed by atoms with Gasteiger partial charge in [-0.1, -0.05) is 18.2 Å². The summed E-state index contributed by atoms with van der Waals surface area (Å²) in [5.41, 5.74) is 7.01. The molecule has 1 atom stereocenters. The number of pyridine rings is 1. The Balaban J connectivity index is 1.25. The highest BCUT2D eigenvalue weighted by Crippen LogP contribution is 2.29. The molecule has 2 aromatic rings. The molecule has 2 fully saturated rings. The van der Waals surface area contributed by atoms with Gasteiger partial charge in [-0.2, -0.15) is 0 Å². The molecule has 3 aliphatic rings. The van der Waals surface area contributed by atoms with Crippen molar-refractivity contribution >= 4 is 5.69 Å². The van der Waals surface area contributed by atoms with Crippen molar-refractivity contribution in [3.63, 3.8) is 0 Å². The van der Waals surface area contributed by atoms with Crippen LogP contribution in [0.15, 0.2) is 36.5 Å². The lowest BCUT2D eigenvalue weighted by Gasteiger charge is -2.36. The topological polar surface area (TPSA) is 58.7 Å². The van der Waals surface area contributed by atoms with Crippen LogP contribution in [0.3, 0.4) is 0 Å². The van der Waals surface area contributed by atoms with E-state index >= 15 is 0 Å². The van der Waals surface area contributed by atoms with Gasteiger partial charge in [0.05, 0.1) is 5.69 Å². The van der Waals surface area contributed by atoms with Gasteiger partial charge in [0.1, 0.15) is 0 Å². The summed E-state index contributed by atoms with van der Waals surface area (Å²) in [6.45, 7) is 16.4. The number of aryl methyl sites for hydroxylation is 1. The first-order valence-corrected chi connectivity index (χ1v) is 13.6. The lowest BCUT2D eigenvalue weighted by molar-refractivity contribution is 0.191. The molecule has 0 radical (unpaired) electrons. The van der Waals surface area contributed by atoms with Crippen molar-refractivity contribution in [2.45, 2.75) is 38.9 Å². The number of nitrogens with one attached hydrogen (secondary N) is 3. The molecule has 5 rings (SSSR count). The Hall–Kier alpha value is -2.03. The van der Waals surface area contributed by atoms with Crippen molar-refractivity contribution in [2.24, 2.45) is 0 Å². The molecule has 190 valence electrons. The third-order valence-corrected chi connectivity index (χ3v) is 7.87. The zero-order valence-corrected chi connectivity index (χ0v) is 21.4. The van der Waals surface area contributed by atoms with Crippen LogP contribution in [0.1, 0.15) is 28.8 Å². The highest BCUT2D eigenvalue weighted by atomic mass is 15.2. The Morgan fingerprint density at radius 2 is 1.80 bits per heavy atom. The number of hydrogen-bond acceptors (Lipinski definition) is 7. The summed E-state index contributed by atoms with van der Waals surface area (Å²) in [6, 6.07) is 11.6. The Labute approximate surface area is 211 Å². The van der Waals surface area contributed by atoms with E-state index < -0.39 is 0 Å². The molecule has 35 heavy (non-hydrogen) atoms. The maximum atomic E-state index is 4.73. The predicted molar refractivity (Wildman–Crippen MR) is 144 cm³/mol. The van der Waals surface area contributed by atoms with E-state index in [0.29, 0.717) is 6.04 Å². The van der Waals surface area contributed by atoms with Gasteiger partial charge < -0.3 is 25.8 Å². The largest absolute Gasteiger partial charge is 0.369 e. The van der Waals surface area contributed by atoms with Gasteiger partial charge in [0, 0.05) is 89.9 Å². The van der Waals surface area contributed by atoms with Crippen molar-refractivity contribution in [1.82, 2.24) is 30.7 Å². The van der Waals surface area contributed by atoms with E-state index in [9.17, 15) is 0 Å². The number of fused-ring (bicyclic) bond motifs is 1. The first-order valence-electron chi connectivity index (χ1n) is 13.6. The van der Waals surface area contributed by atoms with Crippen LogP contribution in [0.4, 0.5) is 5.69 Å². The summed E-state index contributed by atoms with van der Waals surface area (Å²) in [7, 11) is 0. The van der Waals surface area contributed by atoms with E-state index in [1.165, 1.54) is 48.6 Å². The summed E-state index contributed by atoms with van der Waals surface area (Å²) in [5, 5.41) is 10.8. The Morgan fingerprint density at radius 3 is 2.60 bits per heavy atom. The molecule has 3 aliphatic heterocycles. The third-order valence-electron chi connectivity index (χ3n) is 7.87. The SMILES string of the molecule is Cc1cccnc1CN(CCCN1CCNCC1)C[C@H]1Cc2c(cccc2N2CCNCC2)CN1. The molecular formula is C28H43N7. The maximum absolute atomic E-state index is 4.73. The standard InChI is InChI=1S/C28H43N7/c1-23-5-3-8-31-27(23)22-34(14-4-13-33-15-9-29-10-16-33)21-25-19-26-24(20-32-25)6-2-7-28(26)35-17-11-30-12-18-35/h2-3,5-8,25,29-30,32H,4,9-22H2,1H3/t25-/m1/s1. The highest BCUT2D eigenvalue weighted by Gasteiger charge is 2.25. The second-order valence-electron chi connectivity index (χ2n) is 10.4. The minimum Gasteiger partial charge on any atom is -0.369 e. The highest BCUT2D eigenvalue weighted by molar-refractivity contribution is 5.58. The van der Waals surface area contributed by atoms with Crippen LogP contribution in [0, 0.1) is 6.92 Å². The van der Waals surface area contributed by atoms with Crippen LogP contribution in [-0.2, 0) is 19.5 Å². The quantitative estimate of drug-likeness (QED) is 0.507. The number of piperazine rings is 2. The van der Waals surface area contributed by atoms with Crippen molar-refractivity contribution in [1.29, 1.82) is 0 Å². The van der Waals surface area contributed by atoms with Gasteiger partial charge >= 0.3 is 0 Å². The Bertz CT molecular complexity index is 937. The summed E-state index contributed by atoms with van der Waals surface area (Å²) in [5.74, 6) is 0. The molecule has 0 saturated carbocycles. The smallest absolute Gasteiger partial charge is 0.0573 e. The minimum absolute atomic E-state index is 0.467. The van der Waals surface area contributed by atoms with Gasteiger partial charge in [0.15, 0.2) is 0 Å². The Kier molecular flexibility index (Phi) is 8.65. The van der Waals surface area contributed by atoms with E-state index in [-0.39, 0.29) is 0 Å².